The molecule has 0 aromatic carbocycles. The Kier molecular flexibility index (Phi) is 4.65. The topological polar surface area (TPSA) is 38.0 Å². The largest absolute Gasteiger partial charge is 0.271 e. The molecule has 0 aliphatic rings. The molecular weight excluding hydrogens is 124 g/mol. The van der Waals surface area contributed by atoms with Crippen LogP contribution in [0, 0.1) is 5.41 Å². The smallest absolute Gasteiger partial charge is 0.00974 e. The van der Waals surface area contributed by atoms with E-state index < -0.39 is 0 Å². The molecule has 0 fully saturated rings. The van der Waals surface area contributed by atoms with Gasteiger partial charge in [0.2, 0.25) is 0 Å². The Morgan fingerprint density at radius 3 is 2.20 bits per heavy atom. The van der Waals surface area contributed by atoms with E-state index in [-0.39, 0.29) is 0 Å². The van der Waals surface area contributed by atoms with Crippen LogP contribution in [0.25, 0.3) is 0 Å². The minimum Gasteiger partial charge on any atom is -0.271 e. The van der Waals surface area contributed by atoms with Gasteiger partial charge >= 0.3 is 0 Å². The van der Waals surface area contributed by atoms with Crippen LogP contribution in [0.5, 0.6) is 0 Å². The predicted octanol–water partition coefficient (Wildman–Crippen LogP) is 1.67. The molecule has 0 spiro atoms. The first-order valence-corrected chi connectivity index (χ1v) is 4.00. The summed E-state index contributed by atoms with van der Waals surface area (Å²) in [6, 6.07) is 0. The maximum atomic E-state index is 5.13. The minimum atomic E-state index is 0.481. The highest BCUT2D eigenvalue weighted by Gasteiger charge is 2.08. The molecule has 2 heteroatoms. The summed E-state index contributed by atoms with van der Waals surface area (Å²) in [6.07, 6.45) is 3.75. The van der Waals surface area contributed by atoms with Gasteiger partial charge in [-0.3, -0.25) is 11.3 Å². The molecule has 0 amide bonds. The molecule has 2 nitrogen and oxygen atoms in total. The molecule has 10 heavy (non-hydrogen) atoms. The zero-order valence-corrected chi connectivity index (χ0v) is 7.41. The van der Waals surface area contributed by atoms with Crippen molar-refractivity contribution in [3.8, 4) is 0 Å². The highest BCUT2D eigenvalue weighted by molar-refractivity contribution is 4.60. The molecule has 0 aromatic rings. The summed E-state index contributed by atoms with van der Waals surface area (Å²) in [5.41, 5.74) is 3.13. The second-order valence-corrected chi connectivity index (χ2v) is 3.97. The third kappa shape index (κ3) is 7.92. The number of hydrogen-bond donors (Lipinski definition) is 2. The lowest BCUT2D eigenvalue weighted by atomic mass is 9.90. The van der Waals surface area contributed by atoms with E-state index in [2.05, 4.69) is 26.2 Å². The summed E-state index contributed by atoms with van der Waals surface area (Å²) >= 11 is 0. The standard InChI is InChI=1S/C8H20N2/c1-8(2,3)6-4-5-7-10-9/h10H,4-7,9H2,1-3H3. The van der Waals surface area contributed by atoms with Gasteiger partial charge in [-0.1, -0.05) is 27.2 Å². The van der Waals surface area contributed by atoms with Crippen LogP contribution in [0.15, 0.2) is 0 Å². The summed E-state index contributed by atoms with van der Waals surface area (Å²) in [4.78, 5) is 0. The average molecular weight is 144 g/mol. The van der Waals surface area contributed by atoms with Crippen LogP contribution in [0.4, 0.5) is 0 Å². The molecule has 0 saturated carbocycles. The zero-order valence-electron chi connectivity index (χ0n) is 7.41. The van der Waals surface area contributed by atoms with Gasteiger partial charge in [0.1, 0.15) is 0 Å². The predicted molar refractivity (Wildman–Crippen MR) is 45.5 cm³/mol. The Labute approximate surface area is 64.2 Å². The van der Waals surface area contributed by atoms with Crippen molar-refractivity contribution >= 4 is 0 Å². The fraction of sp³-hybridized carbons (Fsp3) is 1.00. The first-order valence-electron chi connectivity index (χ1n) is 4.00. The van der Waals surface area contributed by atoms with Gasteiger partial charge in [0, 0.05) is 6.54 Å². The minimum absolute atomic E-state index is 0.481. The van der Waals surface area contributed by atoms with Gasteiger partial charge in [0.25, 0.3) is 0 Å². The van der Waals surface area contributed by atoms with E-state index >= 15 is 0 Å². The number of hydrogen-bond acceptors (Lipinski definition) is 2. The van der Waals surface area contributed by atoms with Gasteiger partial charge in [-0.25, -0.2) is 0 Å². The lowest BCUT2D eigenvalue weighted by molar-refractivity contribution is 0.359. The molecule has 0 aromatic heterocycles. The third-order valence-electron chi connectivity index (χ3n) is 1.50. The van der Waals surface area contributed by atoms with Crippen molar-refractivity contribution in [3.63, 3.8) is 0 Å². The van der Waals surface area contributed by atoms with Crippen molar-refractivity contribution in [2.75, 3.05) is 6.54 Å². The molecule has 0 atom stereocenters. The molecule has 0 aliphatic carbocycles. The Hall–Kier alpha value is -0.0800. The summed E-state index contributed by atoms with van der Waals surface area (Å²) < 4.78 is 0. The molecule has 62 valence electrons. The van der Waals surface area contributed by atoms with Crippen LogP contribution in [0.2, 0.25) is 0 Å². The monoisotopic (exact) mass is 144 g/mol. The Bertz CT molecular complexity index is 73.8. The summed E-state index contributed by atoms with van der Waals surface area (Å²) in [5, 5.41) is 0. The molecule has 3 N–H and O–H groups in total. The Balaban J connectivity index is 3.04. The molecule has 0 saturated heterocycles. The van der Waals surface area contributed by atoms with Crippen LogP contribution in [0.3, 0.4) is 0 Å². The van der Waals surface area contributed by atoms with Crippen molar-refractivity contribution in [3.05, 3.63) is 0 Å². The van der Waals surface area contributed by atoms with Crippen molar-refractivity contribution in [1.29, 1.82) is 0 Å². The van der Waals surface area contributed by atoms with Crippen molar-refractivity contribution in [1.82, 2.24) is 5.43 Å². The molecule has 0 aliphatic heterocycles. The van der Waals surface area contributed by atoms with Crippen LogP contribution in [-0.2, 0) is 0 Å². The number of nitrogens with one attached hydrogen (secondary N) is 1. The average Bonchev–Trinajstić information content (AvgIpc) is 1.78. The normalized spacial score (nSPS) is 12.0. The summed E-state index contributed by atoms with van der Waals surface area (Å²) in [6.45, 7) is 7.74. The highest BCUT2D eigenvalue weighted by Crippen LogP contribution is 2.20. The first-order chi connectivity index (χ1) is 4.56. The van der Waals surface area contributed by atoms with E-state index in [9.17, 15) is 0 Å². The highest BCUT2D eigenvalue weighted by atomic mass is 15.2. The van der Waals surface area contributed by atoms with Gasteiger partial charge < -0.3 is 0 Å². The van der Waals surface area contributed by atoms with E-state index in [1.807, 2.05) is 0 Å². The van der Waals surface area contributed by atoms with E-state index in [1.54, 1.807) is 0 Å². The zero-order chi connectivity index (χ0) is 8.04. The second kappa shape index (κ2) is 4.69. The third-order valence-corrected chi connectivity index (χ3v) is 1.50. The number of hydrazine groups is 1. The Morgan fingerprint density at radius 2 is 1.80 bits per heavy atom. The van der Waals surface area contributed by atoms with Crippen molar-refractivity contribution in [2.45, 2.75) is 40.0 Å². The lowest BCUT2D eigenvalue weighted by Crippen LogP contribution is -2.23. The van der Waals surface area contributed by atoms with Crippen molar-refractivity contribution in [2.24, 2.45) is 11.3 Å². The van der Waals surface area contributed by atoms with E-state index in [0.717, 1.165) is 6.54 Å². The fourth-order valence-corrected chi connectivity index (χ4v) is 0.882. The molecule has 0 rings (SSSR count). The van der Waals surface area contributed by atoms with Crippen LogP contribution in [0.1, 0.15) is 40.0 Å². The maximum Gasteiger partial charge on any atom is 0.00974 e. The molecule has 0 radical (unpaired) electrons. The van der Waals surface area contributed by atoms with Crippen LogP contribution in [-0.4, -0.2) is 6.54 Å². The van der Waals surface area contributed by atoms with E-state index in [0.29, 0.717) is 5.41 Å². The molecule has 0 bridgehead atoms. The molecule has 0 unspecified atom stereocenters. The van der Waals surface area contributed by atoms with Gasteiger partial charge in [-0.15, -0.1) is 0 Å². The Morgan fingerprint density at radius 1 is 1.20 bits per heavy atom. The van der Waals surface area contributed by atoms with Gasteiger partial charge in [0.15, 0.2) is 0 Å². The van der Waals surface area contributed by atoms with Gasteiger partial charge in [0.05, 0.1) is 0 Å². The number of nitrogens with two attached hydrogens (primary N) is 1. The number of unbranched alkanes of at least 4 members (excludes halogenated alkanes) is 1. The van der Waals surface area contributed by atoms with Gasteiger partial charge in [-0.2, -0.15) is 0 Å². The van der Waals surface area contributed by atoms with E-state index in [1.165, 1.54) is 19.3 Å². The van der Waals surface area contributed by atoms with Crippen LogP contribution >= 0.6 is 0 Å². The van der Waals surface area contributed by atoms with Gasteiger partial charge in [-0.05, 0) is 18.3 Å². The molecule has 0 heterocycles. The second-order valence-electron chi connectivity index (χ2n) is 3.97. The molecular formula is C8H20N2. The number of rotatable bonds is 4. The van der Waals surface area contributed by atoms with E-state index in [4.69, 9.17) is 5.84 Å². The quantitative estimate of drug-likeness (QED) is 0.358. The summed E-state index contributed by atoms with van der Waals surface area (Å²) in [7, 11) is 0. The first kappa shape index (κ1) is 9.92. The summed E-state index contributed by atoms with van der Waals surface area (Å²) in [5.74, 6) is 5.13. The maximum absolute atomic E-state index is 5.13. The lowest BCUT2D eigenvalue weighted by Gasteiger charge is -2.17. The SMILES string of the molecule is CC(C)(C)CCCCNN. The van der Waals surface area contributed by atoms with Crippen LogP contribution < -0.4 is 11.3 Å². The fourth-order valence-electron chi connectivity index (χ4n) is 0.882. The van der Waals surface area contributed by atoms with Crippen molar-refractivity contribution < 1.29 is 0 Å².